The van der Waals surface area contributed by atoms with Crippen molar-refractivity contribution in [1.29, 1.82) is 0 Å². The molecular weight excluding hydrogens is 480 g/mol. The minimum Gasteiger partial charge on any atom is -0.396 e. The third-order valence-electron chi connectivity index (χ3n) is 6.56. The summed E-state index contributed by atoms with van der Waals surface area (Å²) in [6.45, 7) is 1.88. The zero-order chi connectivity index (χ0) is 26.8. The van der Waals surface area contributed by atoms with E-state index >= 15 is 0 Å². The molecule has 0 spiro atoms. The first-order valence-corrected chi connectivity index (χ1v) is 13.3. The predicted molar refractivity (Wildman–Crippen MR) is 148 cm³/mol. The lowest BCUT2D eigenvalue weighted by Crippen LogP contribution is -2.46. The van der Waals surface area contributed by atoms with Gasteiger partial charge in [-0.15, -0.1) is 0 Å². The molecule has 0 heterocycles. The Morgan fingerprint density at radius 3 is 1.63 bits per heavy atom. The van der Waals surface area contributed by atoms with Gasteiger partial charge in [0.15, 0.2) is 6.29 Å². The normalized spacial score (nSPS) is 13.9. The van der Waals surface area contributed by atoms with Crippen LogP contribution < -0.4 is 0 Å². The maximum absolute atomic E-state index is 9.49. The fraction of sp³-hybridized carbons (Fsp3) is 0.438. The molecule has 0 aliphatic rings. The van der Waals surface area contributed by atoms with E-state index in [1.807, 2.05) is 66.7 Å². The second kappa shape index (κ2) is 17.8. The highest BCUT2D eigenvalue weighted by Gasteiger charge is 2.37. The van der Waals surface area contributed by atoms with E-state index in [1.54, 1.807) is 14.2 Å². The summed E-state index contributed by atoms with van der Waals surface area (Å²) >= 11 is 0. The first-order chi connectivity index (χ1) is 18.7. The monoisotopic (exact) mass is 522 g/mol. The second-order valence-electron chi connectivity index (χ2n) is 9.32. The number of aliphatic hydroxyl groups is 1. The second-order valence-corrected chi connectivity index (χ2v) is 9.32. The van der Waals surface area contributed by atoms with Crippen molar-refractivity contribution in [3.8, 4) is 0 Å². The Kier molecular flexibility index (Phi) is 14.1. The van der Waals surface area contributed by atoms with E-state index in [1.165, 1.54) is 0 Å². The Hall–Kier alpha value is -2.58. The van der Waals surface area contributed by atoms with Crippen LogP contribution in [0.1, 0.15) is 36.0 Å². The number of hydrogen-bond acceptors (Lipinski definition) is 6. The third kappa shape index (κ3) is 10.3. The molecule has 3 rings (SSSR count). The molecule has 3 aromatic rings. The molecule has 38 heavy (non-hydrogen) atoms. The van der Waals surface area contributed by atoms with Crippen molar-refractivity contribution in [3.63, 3.8) is 0 Å². The van der Waals surface area contributed by atoms with E-state index < -0.39 is 12.4 Å². The number of aliphatic hydroxyl groups excluding tert-OH is 1. The molecule has 0 saturated heterocycles. The molecule has 0 aliphatic heterocycles. The van der Waals surface area contributed by atoms with Gasteiger partial charge in [0, 0.05) is 26.7 Å². The van der Waals surface area contributed by atoms with Crippen LogP contribution in [0.15, 0.2) is 91.0 Å². The third-order valence-corrected chi connectivity index (χ3v) is 6.56. The van der Waals surface area contributed by atoms with E-state index in [4.69, 9.17) is 23.7 Å². The number of hydrogen-bond donors (Lipinski definition) is 1. The number of ether oxygens (including phenoxy) is 5. The van der Waals surface area contributed by atoms with Crippen LogP contribution >= 0.6 is 0 Å². The molecule has 0 aromatic heterocycles. The molecule has 3 atom stereocenters. The lowest BCUT2D eigenvalue weighted by molar-refractivity contribution is -0.219. The zero-order valence-corrected chi connectivity index (χ0v) is 22.6. The van der Waals surface area contributed by atoms with Crippen LogP contribution in [0.5, 0.6) is 0 Å². The van der Waals surface area contributed by atoms with Crippen molar-refractivity contribution >= 4 is 0 Å². The Morgan fingerprint density at radius 2 is 1.13 bits per heavy atom. The summed E-state index contributed by atoms with van der Waals surface area (Å²) in [5.41, 5.74) is 3.26. The quantitative estimate of drug-likeness (QED) is 0.159. The Bertz CT molecular complexity index is 965. The van der Waals surface area contributed by atoms with Crippen LogP contribution in [-0.2, 0) is 43.5 Å². The molecule has 0 unspecified atom stereocenters. The highest BCUT2D eigenvalue weighted by molar-refractivity contribution is 5.15. The van der Waals surface area contributed by atoms with Crippen LogP contribution in [0.2, 0.25) is 0 Å². The van der Waals surface area contributed by atoms with Crippen LogP contribution in [0, 0.1) is 5.92 Å². The lowest BCUT2D eigenvalue weighted by atomic mass is 9.89. The largest absolute Gasteiger partial charge is 0.396 e. The summed E-state index contributed by atoms with van der Waals surface area (Å²) in [4.78, 5) is 0. The fourth-order valence-electron chi connectivity index (χ4n) is 4.53. The van der Waals surface area contributed by atoms with Gasteiger partial charge in [-0.1, -0.05) is 97.4 Å². The molecule has 6 heteroatoms. The van der Waals surface area contributed by atoms with E-state index in [-0.39, 0.29) is 18.6 Å². The van der Waals surface area contributed by atoms with Gasteiger partial charge >= 0.3 is 0 Å². The van der Waals surface area contributed by atoms with Crippen LogP contribution in [0.4, 0.5) is 0 Å². The lowest BCUT2D eigenvalue weighted by Gasteiger charge is -2.37. The fourth-order valence-corrected chi connectivity index (χ4v) is 4.53. The molecule has 0 fully saturated rings. The van der Waals surface area contributed by atoms with Gasteiger partial charge in [0.25, 0.3) is 0 Å². The number of rotatable bonds is 19. The van der Waals surface area contributed by atoms with E-state index in [0.29, 0.717) is 32.8 Å². The minimum atomic E-state index is -0.588. The SMILES string of the molecule is COC(OC)[C@H](OCc1ccccc1)[C@H](CCCCO)[C@H](COCc1ccccc1)OCc1ccccc1. The van der Waals surface area contributed by atoms with E-state index in [2.05, 4.69) is 24.3 Å². The van der Waals surface area contributed by atoms with Gasteiger partial charge in [0.1, 0.15) is 6.10 Å². The van der Waals surface area contributed by atoms with Crippen molar-refractivity contribution in [2.24, 2.45) is 5.92 Å². The van der Waals surface area contributed by atoms with Crippen LogP contribution in [0.25, 0.3) is 0 Å². The van der Waals surface area contributed by atoms with Crippen molar-refractivity contribution in [2.45, 2.75) is 57.6 Å². The van der Waals surface area contributed by atoms with Crippen molar-refractivity contribution in [3.05, 3.63) is 108 Å². The maximum atomic E-state index is 9.49. The Balaban J connectivity index is 1.83. The molecule has 6 nitrogen and oxygen atoms in total. The number of methoxy groups -OCH3 is 2. The van der Waals surface area contributed by atoms with Crippen LogP contribution in [0.3, 0.4) is 0 Å². The van der Waals surface area contributed by atoms with Gasteiger partial charge < -0.3 is 28.8 Å². The van der Waals surface area contributed by atoms with Gasteiger partial charge in [0.2, 0.25) is 0 Å². The van der Waals surface area contributed by atoms with Crippen LogP contribution in [-0.4, -0.2) is 51.0 Å². The molecule has 0 bridgehead atoms. The molecule has 1 N–H and O–H groups in total. The van der Waals surface area contributed by atoms with E-state index in [9.17, 15) is 5.11 Å². The molecule has 0 aliphatic carbocycles. The van der Waals surface area contributed by atoms with Gasteiger partial charge in [0.05, 0.1) is 32.5 Å². The minimum absolute atomic E-state index is 0.102. The summed E-state index contributed by atoms with van der Waals surface area (Å²) in [5.74, 6) is -0.102. The molecule has 3 aromatic carbocycles. The van der Waals surface area contributed by atoms with Gasteiger partial charge in [-0.2, -0.15) is 0 Å². The number of benzene rings is 3. The average molecular weight is 523 g/mol. The molecular formula is C32H42O6. The molecule has 0 saturated carbocycles. The Morgan fingerprint density at radius 1 is 0.632 bits per heavy atom. The topological polar surface area (TPSA) is 66.4 Å². The van der Waals surface area contributed by atoms with E-state index in [0.717, 1.165) is 29.5 Å². The maximum Gasteiger partial charge on any atom is 0.183 e. The van der Waals surface area contributed by atoms with Gasteiger partial charge in [-0.3, -0.25) is 0 Å². The highest BCUT2D eigenvalue weighted by atomic mass is 16.7. The van der Waals surface area contributed by atoms with Crippen molar-refractivity contribution in [2.75, 3.05) is 27.4 Å². The summed E-state index contributed by atoms with van der Waals surface area (Å²) in [6.07, 6.45) is 0.988. The molecule has 0 amide bonds. The van der Waals surface area contributed by atoms with Gasteiger partial charge in [-0.25, -0.2) is 0 Å². The average Bonchev–Trinajstić information content (AvgIpc) is 2.97. The zero-order valence-electron chi connectivity index (χ0n) is 22.6. The summed E-state index contributed by atoms with van der Waals surface area (Å²) < 4.78 is 30.7. The standard InChI is InChI=1S/C32H42O6/c1-34-32(35-2)31(38-24-28-18-10-5-11-19-28)29(20-12-13-21-33)30(37-23-27-16-8-4-9-17-27)25-36-22-26-14-6-3-7-15-26/h3-11,14-19,29-33H,12-13,20-25H2,1-2H3/t29-,30+,31-/m1/s1. The first kappa shape index (κ1) is 30.0. The summed E-state index contributed by atoms with van der Waals surface area (Å²) in [5, 5.41) is 9.49. The number of unbranched alkanes of at least 4 members (excludes halogenated alkanes) is 1. The first-order valence-electron chi connectivity index (χ1n) is 13.3. The van der Waals surface area contributed by atoms with Crippen molar-refractivity contribution in [1.82, 2.24) is 0 Å². The Labute approximate surface area is 227 Å². The smallest absolute Gasteiger partial charge is 0.183 e. The van der Waals surface area contributed by atoms with Gasteiger partial charge in [-0.05, 0) is 29.5 Å². The molecule has 206 valence electrons. The summed E-state index contributed by atoms with van der Waals surface area (Å²) in [7, 11) is 3.26. The summed E-state index contributed by atoms with van der Waals surface area (Å²) in [6, 6.07) is 30.3. The molecule has 0 radical (unpaired) electrons. The highest BCUT2D eigenvalue weighted by Crippen LogP contribution is 2.28. The van der Waals surface area contributed by atoms with Crippen molar-refractivity contribution < 1.29 is 28.8 Å². The predicted octanol–water partition coefficient (Wildman–Crippen LogP) is 5.77.